The smallest absolute Gasteiger partial charge is 0.246 e. The second-order valence-electron chi connectivity index (χ2n) is 7.18. The lowest BCUT2D eigenvalue weighted by molar-refractivity contribution is -0.127. The van der Waals surface area contributed by atoms with Gasteiger partial charge in [0.05, 0.1) is 6.54 Å². The van der Waals surface area contributed by atoms with Crippen LogP contribution in [0.4, 0.5) is 0 Å². The average molecular weight is 389 g/mol. The van der Waals surface area contributed by atoms with Crippen LogP contribution in [0.2, 0.25) is 0 Å². The van der Waals surface area contributed by atoms with E-state index in [1.807, 2.05) is 17.3 Å². The SMILES string of the molecule is C=CC(=O)N1Cc2sc(C)cc2[C@@H](c2ccccc2-c2cnccc2CC)C1. The number of fused-ring (bicyclic) bond motifs is 1. The molecule has 0 fully saturated rings. The lowest BCUT2D eigenvalue weighted by Crippen LogP contribution is -2.37. The summed E-state index contributed by atoms with van der Waals surface area (Å²) >= 11 is 1.79. The summed E-state index contributed by atoms with van der Waals surface area (Å²) in [5.41, 5.74) is 6.29. The molecule has 28 heavy (non-hydrogen) atoms. The average Bonchev–Trinajstić information content (AvgIpc) is 3.12. The van der Waals surface area contributed by atoms with Gasteiger partial charge >= 0.3 is 0 Å². The summed E-state index contributed by atoms with van der Waals surface area (Å²) in [5.74, 6) is 0.147. The highest BCUT2D eigenvalue weighted by Crippen LogP contribution is 2.42. The predicted octanol–water partition coefficient (Wildman–Crippen LogP) is 5.34. The van der Waals surface area contributed by atoms with Gasteiger partial charge in [-0.2, -0.15) is 0 Å². The molecule has 0 bridgehead atoms. The second-order valence-corrected chi connectivity index (χ2v) is 8.53. The van der Waals surface area contributed by atoms with Crippen molar-refractivity contribution in [1.29, 1.82) is 0 Å². The van der Waals surface area contributed by atoms with Gasteiger partial charge < -0.3 is 4.90 Å². The van der Waals surface area contributed by atoms with Crippen LogP contribution >= 0.6 is 11.3 Å². The van der Waals surface area contributed by atoms with Crippen LogP contribution in [-0.4, -0.2) is 22.3 Å². The lowest BCUT2D eigenvalue weighted by atomic mass is 9.83. The van der Waals surface area contributed by atoms with Crippen molar-refractivity contribution in [1.82, 2.24) is 9.88 Å². The number of nitrogens with zero attached hydrogens (tertiary/aromatic N) is 2. The summed E-state index contributed by atoms with van der Waals surface area (Å²) in [6.07, 6.45) is 6.20. The van der Waals surface area contributed by atoms with Crippen molar-refractivity contribution in [2.45, 2.75) is 32.7 Å². The van der Waals surface area contributed by atoms with E-state index in [4.69, 9.17) is 0 Å². The molecule has 1 aliphatic heterocycles. The van der Waals surface area contributed by atoms with Crippen molar-refractivity contribution in [2.75, 3.05) is 6.54 Å². The maximum atomic E-state index is 12.4. The van der Waals surface area contributed by atoms with Gasteiger partial charge in [0.1, 0.15) is 0 Å². The van der Waals surface area contributed by atoms with E-state index in [1.165, 1.54) is 43.6 Å². The second kappa shape index (κ2) is 7.72. The molecule has 1 amide bonds. The number of benzene rings is 1. The molecule has 3 nitrogen and oxygen atoms in total. The van der Waals surface area contributed by atoms with E-state index in [0.29, 0.717) is 13.1 Å². The fourth-order valence-corrected chi connectivity index (χ4v) is 5.25. The topological polar surface area (TPSA) is 33.2 Å². The Bertz CT molecular complexity index is 1040. The number of carbonyl (C=O) groups is 1. The van der Waals surface area contributed by atoms with Gasteiger partial charge in [-0.25, -0.2) is 0 Å². The van der Waals surface area contributed by atoms with Gasteiger partial charge in [-0.15, -0.1) is 11.3 Å². The van der Waals surface area contributed by atoms with E-state index < -0.39 is 0 Å². The highest BCUT2D eigenvalue weighted by atomic mass is 32.1. The summed E-state index contributed by atoms with van der Waals surface area (Å²) < 4.78 is 0. The number of amides is 1. The number of carbonyl (C=O) groups excluding carboxylic acids is 1. The van der Waals surface area contributed by atoms with Crippen LogP contribution in [0.1, 0.15) is 39.3 Å². The Balaban J connectivity index is 1.87. The van der Waals surface area contributed by atoms with Gasteiger partial charge in [0.25, 0.3) is 0 Å². The van der Waals surface area contributed by atoms with Crippen molar-refractivity contribution in [2.24, 2.45) is 0 Å². The monoisotopic (exact) mass is 388 g/mol. The molecule has 1 aliphatic rings. The van der Waals surface area contributed by atoms with Crippen molar-refractivity contribution in [3.05, 3.63) is 87.9 Å². The molecule has 3 aromatic rings. The first-order chi connectivity index (χ1) is 13.6. The van der Waals surface area contributed by atoms with Crippen LogP contribution in [0, 0.1) is 6.92 Å². The largest absolute Gasteiger partial charge is 0.333 e. The van der Waals surface area contributed by atoms with Crippen molar-refractivity contribution in [3.8, 4) is 11.1 Å². The zero-order chi connectivity index (χ0) is 19.7. The summed E-state index contributed by atoms with van der Waals surface area (Å²) in [6.45, 7) is 9.35. The molecule has 1 atom stereocenters. The van der Waals surface area contributed by atoms with E-state index in [2.05, 4.69) is 61.8 Å². The standard InChI is InChI=1S/C24H24N2OS/c1-4-17-10-11-25-13-21(17)18-8-6-7-9-19(18)22-14-26(24(27)5-2)15-23-20(22)12-16(3)28-23/h5-13,22H,2,4,14-15H2,1,3H3/t22-/m1/s1. The zero-order valence-corrected chi connectivity index (χ0v) is 17.1. The number of hydrogen-bond donors (Lipinski definition) is 0. The van der Waals surface area contributed by atoms with E-state index >= 15 is 0 Å². The van der Waals surface area contributed by atoms with Crippen LogP contribution in [0.3, 0.4) is 0 Å². The Labute approximate surface area is 170 Å². The zero-order valence-electron chi connectivity index (χ0n) is 16.3. The number of thiophene rings is 1. The van der Waals surface area contributed by atoms with Crippen LogP contribution in [0.15, 0.2) is 61.4 Å². The Morgan fingerprint density at radius 2 is 2.11 bits per heavy atom. The maximum absolute atomic E-state index is 12.4. The molecule has 0 aliphatic carbocycles. The molecule has 142 valence electrons. The third kappa shape index (κ3) is 3.29. The quantitative estimate of drug-likeness (QED) is 0.565. The summed E-state index contributed by atoms with van der Waals surface area (Å²) in [6, 6.07) is 12.9. The molecular weight excluding hydrogens is 364 g/mol. The Morgan fingerprint density at radius 3 is 2.89 bits per heavy atom. The highest BCUT2D eigenvalue weighted by molar-refractivity contribution is 7.12. The normalized spacial score (nSPS) is 15.9. The molecule has 4 rings (SSSR count). The Kier molecular flexibility index (Phi) is 5.14. The van der Waals surface area contributed by atoms with Crippen LogP contribution in [-0.2, 0) is 17.8 Å². The minimum absolute atomic E-state index is 0.00481. The highest BCUT2D eigenvalue weighted by Gasteiger charge is 2.31. The number of pyridine rings is 1. The van der Waals surface area contributed by atoms with Crippen molar-refractivity contribution >= 4 is 17.2 Å². The van der Waals surface area contributed by atoms with E-state index in [1.54, 1.807) is 11.3 Å². The van der Waals surface area contributed by atoms with Crippen molar-refractivity contribution < 1.29 is 4.79 Å². The lowest BCUT2D eigenvalue weighted by Gasteiger charge is -2.33. The Morgan fingerprint density at radius 1 is 1.29 bits per heavy atom. The van der Waals surface area contributed by atoms with Crippen LogP contribution < -0.4 is 0 Å². The first kappa shape index (κ1) is 18.6. The van der Waals surface area contributed by atoms with Crippen LogP contribution in [0.5, 0.6) is 0 Å². The predicted molar refractivity (Wildman–Crippen MR) is 116 cm³/mol. The molecule has 0 saturated carbocycles. The van der Waals surface area contributed by atoms with Gasteiger partial charge in [-0.1, -0.05) is 37.8 Å². The number of aromatic nitrogens is 1. The summed E-state index contributed by atoms with van der Waals surface area (Å²) in [7, 11) is 0. The molecule has 0 radical (unpaired) electrons. The molecule has 4 heteroatoms. The van der Waals surface area contributed by atoms with E-state index in [0.717, 1.165) is 6.42 Å². The molecule has 3 heterocycles. The van der Waals surface area contributed by atoms with E-state index in [9.17, 15) is 4.79 Å². The third-order valence-electron chi connectivity index (χ3n) is 5.48. The minimum atomic E-state index is -0.00481. The maximum Gasteiger partial charge on any atom is 0.246 e. The minimum Gasteiger partial charge on any atom is -0.333 e. The fourth-order valence-electron chi connectivity index (χ4n) is 4.14. The molecule has 0 unspecified atom stereocenters. The molecular formula is C24H24N2OS. The van der Waals surface area contributed by atoms with E-state index in [-0.39, 0.29) is 11.8 Å². The Hall–Kier alpha value is -2.72. The van der Waals surface area contributed by atoms with Crippen LogP contribution in [0.25, 0.3) is 11.1 Å². The van der Waals surface area contributed by atoms with Gasteiger partial charge in [0.2, 0.25) is 5.91 Å². The van der Waals surface area contributed by atoms with Gasteiger partial charge in [-0.05, 0) is 53.8 Å². The fraction of sp³-hybridized carbons (Fsp3) is 0.250. The number of rotatable bonds is 4. The number of aryl methyl sites for hydroxylation is 2. The first-order valence-electron chi connectivity index (χ1n) is 9.65. The third-order valence-corrected chi connectivity index (χ3v) is 6.53. The molecule has 0 saturated heterocycles. The molecule has 1 aromatic carbocycles. The molecule has 2 aromatic heterocycles. The van der Waals surface area contributed by atoms with Crippen molar-refractivity contribution in [3.63, 3.8) is 0 Å². The van der Waals surface area contributed by atoms with Gasteiger partial charge in [0, 0.05) is 40.2 Å². The van der Waals surface area contributed by atoms with Gasteiger partial charge in [0.15, 0.2) is 0 Å². The summed E-state index contributed by atoms with van der Waals surface area (Å²) in [5, 5.41) is 0. The summed E-state index contributed by atoms with van der Waals surface area (Å²) in [4.78, 5) is 21.3. The first-order valence-corrected chi connectivity index (χ1v) is 10.5. The molecule has 0 spiro atoms. The molecule has 0 N–H and O–H groups in total. The number of hydrogen-bond acceptors (Lipinski definition) is 3. The van der Waals surface area contributed by atoms with Gasteiger partial charge in [-0.3, -0.25) is 9.78 Å².